The lowest BCUT2D eigenvalue weighted by Gasteiger charge is -2.29. The fraction of sp³-hybridized carbons (Fsp3) is 0.333. The predicted molar refractivity (Wildman–Crippen MR) is 74.8 cm³/mol. The lowest BCUT2D eigenvalue weighted by Crippen LogP contribution is -2.31. The SMILES string of the molecule is O=C(O)c1cc2ccccc2nc1N1CCCCC1. The molecular formula is C15H16N2O2. The van der Waals surface area contributed by atoms with Gasteiger partial charge in [0.05, 0.1) is 5.52 Å². The summed E-state index contributed by atoms with van der Waals surface area (Å²) in [4.78, 5) is 18.1. The number of fused-ring (bicyclic) bond motifs is 1. The van der Waals surface area contributed by atoms with Crippen LogP contribution in [0, 0.1) is 0 Å². The number of anilines is 1. The van der Waals surface area contributed by atoms with Gasteiger partial charge < -0.3 is 10.0 Å². The minimum absolute atomic E-state index is 0.306. The van der Waals surface area contributed by atoms with Crippen LogP contribution in [0.3, 0.4) is 0 Å². The first-order chi connectivity index (χ1) is 9.25. The maximum absolute atomic E-state index is 11.4. The van der Waals surface area contributed by atoms with Crippen LogP contribution in [0.25, 0.3) is 10.9 Å². The standard InChI is InChI=1S/C15H16N2O2/c18-15(19)12-10-11-6-2-3-7-13(11)16-14(12)17-8-4-1-5-9-17/h2-3,6-7,10H,1,4-5,8-9H2,(H,18,19). The number of para-hydroxylation sites is 1. The molecule has 1 aromatic carbocycles. The molecule has 98 valence electrons. The molecule has 1 aromatic heterocycles. The minimum Gasteiger partial charge on any atom is -0.478 e. The number of benzene rings is 1. The van der Waals surface area contributed by atoms with E-state index in [0.717, 1.165) is 36.8 Å². The van der Waals surface area contributed by atoms with Crippen LogP contribution in [0.15, 0.2) is 30.3 Å². The zero-order valence-corrected chi connectivity index (χ0v) is 10.7. The molecule has 0 saturated carbocycles. The van der Waals surface area contributed by atoms with Gasteiger partial charge in [0.2, 0.25) is 0 Å². The fourth-order valence-electron chi connectivity index (χ4n) is 2.61. The summed E-state index contributed by atoms with van der Waals surface area (Å²) in [6.45, 7) is 1.79. The number of aromatic carboxylic acids is 1. The summed E-state index contributed by atoms with van der Waals surface area (Å²) in [6, 6.07) is 9.38. The summed E-state index contributed by atoms with van der Waals surface area (Å²) in [5, 5.41) is 10.3. The fourth-order valence-corrected chi connectivity index (χ4v) is 2.61. The van der Waals surface area contributed by atoms with Gasteiger partial charge in [0.25, 0.3) is 0 Å². The van der Waals surface area contributed by atoms with Crippen LogP contribution in [-0.4, -0.2) is 29.1 Å². The Labute approximate surface area is 111 Å². The Bertz CT molecular complexity index is 619. The number of carboxylic acid groups (broad SMARTS) is 1. The Morgan fingerprint density at radius 2 is 1.89 bits per heavy atom. The van der Waals surface area contributed by atoms with Crippen molar-refractivity contribution in [1.29, 1.82) is 0 Å². The molecule has 0 radical (unpaired) electrons. The molecule has 1 fully saturated rings. The maximum atomic E-state index is 11.4. The second-order valence-electron chi connectivity index (χ2n) is 4.91. The van der Waals surface area contributed by atoms with Crippen molar-refractivity contribution in [2.75, 3.05) is 18.0 Å². The number of piperidine rings is 1. The molecule has 4 heteroatoms. The van der Waals surface area contributed by atoms with Crippen LogP contribution >= 0.6 is 0 Å². The van der Waals surface area contributed by atoms with Gasteiger partial charge in [-0.3, -0.25) is 0 Å². The highest BCUT2D eigenvalue weighted by molar-refractivity contribution is 5.98. The number of hydrogen-bond donors (Lipinski definition) is 1. The van der Waals surface area contributed by atoms with E-state index < -0.39 is 5.97 Å². The molecule has 1 aliphatic heterocycles. The van der Waals surface area contributed by atoms with E-state index in [-0.39, 0.29) is 0 Å². The highest BCUT2D eigenvalue weighted by Gasteiger charge is 2.20. The van der Waals surface area contributed by atoms with Gasteiger partial charge in [-0.1, -0.05) is 18.2 Å². The molecule has 0 spiro atoms. The Kier molecular flexibility index (Phi) is 3.07. The van der Waals surface area contributed by atoms with Gasteiger partial charge in [0.15, 0.2) is 0 Å². The first kappa shape index (κ1) is 12.0. The highest BCUT2D eigenvalue weighted by Crippen LogP contribution is 2.26. The van der Waals surface area contributed by atoms with Gasteiger partial charge in [-0.05, 0) is 31.4 Å². The van der Waals surface area contributed by atoms with Crippen molar-refractivity contribution in [2.45, 2.75) is 19.3 Å². The first-order valence-corrected chi connectivity index (χ1v) is 6.64. The Morgan fingerprint density at radius 3 is 2.63 bits per heavy atom. The molecule has 1 N–H and O–H groups in total. The summed E-state index contributed by atoms with van der Waals surface area (Å²) >= 11 is 0. The molecule has 0 bridgehead atoms. The van der Waals surface area contributed by atoms with E-state index >= 15 is 0 Å². The molecule has 0 unspecified atom stereocenters. The molecule has 0 amide bonds. The van der Waals surface area contributed by atoms with E-state index in [0.29, 0.717) is 11.4 Å². The lowest BCUT2D eigenvalue weighted by molar-refractivity contribution is 0.0697. The molecule has 4 nitrogen and oxygen atoms in total. The Morgan fingerprint density at radius 1 is 1.16 bits per heavy atom. The number of aromatic nitrogens is 1. The normalized spacial score (nSPS) is 15.7. The molecule has 2 aromatic rings. The molecule has 19 heavy (non-hydrogen) atoms. The van der Waals surface area contributed by atoms with E-state index in [1.54, 1.807) is 6.07 Å². The molecule has 0 aliphatic carbocycles. The van der Waals surface area contributed by atoms with E-state index in [2.05, 4.69) is 9.88 Å². The number of carbonyl (C=O) groups is 1. The van der Waals surface area contributed by atoms with Crippen LogP contribution in [0.2, 0.25) is 0 Å². The monoisotopic (exact) mass is 256 g/mol. The van der Waals surface area contributed by atoms with E-state index in [4.69, 9.17) is 0 Å². The number of nitrogens with zero attached hydrogens (tertiary/aromatic N) is 2. The number of pyridine rings is 1. The molecule has 1 saturated heterocycles. The smallest absolute Gasteiger partial charge is 0.339 e. The number of carboxylic acids is 1. The van der Waals surface area contributed by atoms with Crippen LogP contribution in [0.5, 0.6) is 0 Å². The quantitative estimate of drug-likeness (QED) is 0.897. The zero-order valence-electron chi connectivity index (χ0n) is 10.7. The van der Waals surface area contributed by atoms with Crippen molar-refractivity contribution in [1.82, 2.24) is 4.98 Å². The average molecular weight is 256 g/mol. The second kappa shape index (κ2) is 4.88. The Hall–Kier alpha value is -2.10. The average Bonchev–Trinajstić information content (AvgIpc) is 2.46. The van der Waals surface area contributed by atoms with Crippen molar-refractivity contribution in [3.8, 4) is 0 Å². The largest absolute Gasteiger partial charge is 0.478 e. The molecule has 1 aliphatic rings. The van der Waals surface area contributed by atoms with Crippen LogP contribution in [-0.2, 0) is 0 Å². The van der Waals surface area contributed by atoms with Crippen molar-refractivity contribution in [2.24, 2.45) is 0 Å². The zero-order chi connectivity index (χ0) is 13.2. The van der Waals surface area contributed by atoms with E-state index in [9.17, 15) is 9.90 Å². The van der Waals surface area contributed by atoms with Crippen molar-refractivity contribution < 1.29 is 9.90 Å². The van der Waals surface area contributed by atoms with Gasteiger partial charge in [-0.2, -0.15) is 0 Å². The molecule has 3 rings (SSSR count). The van der Waals surface area contributed by atoms with E-state index in [1.807, 2.05) is 24.3 Å². The third-order valence-corrected chi connectivity index (χ3v) is 3.59. The summed E-state index contributed by atoms with van der Waals surface area (Å²) in [5.41, 5.74) is 1.16. The minimum atomic E-state index is -0.904. The second-order valence-corrected chi connectivity index (χ2v) is 4.91. The van der Waals surface area contributed by atoms with Crippen LogP contribution < -0.4 is 4.90 Å². The number of rotatable bonds is 2. The third-order valence-electron chi connectivity index (χ3n) is 3.59. The lowest BCUT2D eigenvalue weighted by atomic mass is 10.1. The molecule has 0 atom stereocenters. The van der Waals surface area contributed by atoms with Gasteiger partial charge in [0, 0.05) is 18.5 Å². The van der Waals surface area contributed by atoms with Gasteiger partial charge >= 0.3 is 5.97 Å². The summed E-state index contributed by atoms with van der Waals surface area (Å²) < 4.78 is 0. The molecular weight excluding hydrogens is 240 g/mol. The number of hydrogen-bond acceptors (Lipinski definition) is 3. The summed E-state index contributed by atoms with van der Waals surface area (Å²) in [6.07, 6.45) is 3.42. The maximum Gasteiger partial charge on any atom is 0.339 e. The topological polar surface area (TPSA) is 53.4 Å². The van der Waals surface area contributed by atoms with Gasteiger partial charge in [-0.15, -0.1) is 0 Å². The van der Waals surface area contributed by atoms with E-state index in [1.165, 1.54) is 6.42 Å². The Balaban J connectivity index is 2.14. The third kappa shape index (κ3) is 2.26. The summed E-state index contributed by atoms with van der Waals surface area (Å²) in [5.74, 6) is -0.287. The summed E-state index contributed by atoms with van der Waals surface area (Å²) in [7, 11) is 0. The first-order valence-electron chi connectivity index (χ1n) is 6.64. The van der Waals surface area contributed by atoms with Crippen molar-refractivity contribution in [3.63, 3.8) is 0 Å². The van der Waals surface area contributed by atoms with Crippen LogP contribution in [0.4, 0.5) is 5.82 Å². The van der Waals surface area contributed by atoms with Gasteiger partial charge in [0.1, 0.15) is 11.4 Å². The van der Waals surface area contributed by atoms with Crippen molar-refractivity contribution >= 4 is 22.7 Å². The van der Waals surface area contributed by atoms with Crippen molar-refractivity contribution in [3.05, 3.63) is 35.9 Å². The van der Waals surface area contributed by atoms with Crippen LogP contribution in [0.1, 0.15) is 29.6 Å². The highest BCUT2D eigenvalue weighted by atomic mass is 16.4. The predicted octanol–water partition coefficient (Wildman–Crippen LogP) is 2.92. The van der Waals surface area contributed by atoms with Gasteiger partial charge in [-0.25, -0.2) is 9.78 Å². The molecule has 2 heterocycles.